The number of aromatic amines is 1. The van der Waals surface area contributed by atoms with Crippen LogP contribution in [0, 0.1) is 6.92 Å². The van der Waals surface area contributed by atoms with Gasteiger partial charge in [-0.15, -0.1) is 0 Å². The minimum absolute atomic E-state index is 0.0132. The van der Waals surface area contributed by atoms with E-state index in [1.165, 1.54) is 0 Å². The summed E-state index contributed by atoms with van der Waals surface area (Å²) < 4.78 is 1.77. The second-order valence-electron chi connectivity index (χ2n) is 5.90. The predicted octanol–water partition coefficient (Wildman–Crippen LogP) is 1.78. The van der Waals surface area contributed by atoms with Crippen molar-refractivity contribution in [1.29, 1.82) is 0 Å². The Labute approximate surface area is 133 Å². The minimum atomic E-state index is 0.0132. The number of hydrogen-bond donors (Lipinski definition) is 1. The molecule has 23 heavy (non-hydrogen) atoms. The Morgan fingerprint density at radius 2 is 2.26 bits per heavy atom. The molecule has 1 N–H and O–H groups in total. The highest BCUT2D eigenvalue weighted by Gasteiger charge is 2.29. The number of fused-ring (bicyclic) bond motifs is 1. The fraction of sp³-hybridized carbons (Fsp3) is 0.375. The molecule has 118 valence electrons. The third-order valence-corrected chi connectivity index (χ3v) is 4.40. The average Bonchev–Trinajstić information content (AvgIpc) is 3.21. The average molecular weight is 310 g/mol. The molecule has 0 bridgehead atoms. The van der Waals surface area contributed by atoms with E-state index in [1.807, 2.05) is 30.3 Å². The molecule has 4 rings (SSSR count). The summed E-state index contributed by atoms with van der Waals surface area (Å²) in [5.74, 6) is 1.80. The molecular weight excluding hydrogens is 292 g/mol. The van der Waals surface area contributed by atoms with Gasteiger partial charge in [-0.25, -0.2) is 15.0 Å². The van der Waals surface area contributed by atoms with Gasteiger partial charge in [0.05, 0.1) is 5.69 Å². The van der Waals surface area contributed by atoms with Crippen molar-refractivity contribution < 1.29 is 4.79 Å². The van der Waals surface area contributed by atoms with Crippen molar-refractivity contribution in [2.45, 2.75) is 25.7 Å². The second kappa shape index (κ2) is 5.49. The summed E-state index contributed by atoms with van der Waals surface area (Å²) in [6, 6.07) is 1.81. The first kappa shape index (κ1) is 13.9. The Hall–Kier alpha value is -2.70. The van der Waals surface area contributed by atoms with E-state index in [0.717, 1.165) is 25.2 Å². The third-order valence-electron chi connectivity index (χ3n) is 4.40. The van der Waals surface area contributed by atoms with Crippen LogP contribution >= 0.6 is 0 Å². The molecule has 4 heterocycles. The summed E-state index contributed by atoms with van der Waals surface area (Å²) in [6.45, 7) is 3.30. The number of nitrogens with zero attached hydrogens (tertiary/aromatic N) is 5. The standard InChI is InChI=1S/C16H18N6O/c1-11-13(22-9-3-5-19-16(22)20-11)15(23)21-8-2-4-12(10-21)14-17-6-7-18-14/h3,5-7,9,12H,2,4,8,10H2,1H3,(H,17,18)/t12-/m0/s1. The van der Waals surface area contributed by atoms with Crippen LogP contribution in [0.2, 0.25) is 0 Å². The lowest BCUT2D eigenvalue weighted by atomic mass is 9.97. The van der Waals surface area contributed by atoms with E-state index in [1.54, 1.807) is 16.8 Å². The molecule has 7 nitrogen and oxygen atoms in total. The number of H-pyrrole nitrogens is 1. The van der Waals surface area contributed by atoms with Crippen LogP contribution in [0.3, 0.4) is 0 Å². The highest BCUT2D eigenvalue weighted by Crippen LogP contribution is 2.26. The van der Waals surface area contributed by atoms with E-state index in [2.05, 4.69) is 19.9 Å². The molecule has 0 radical (unpaired) electrons. The number of rotatable bonds is 2. The number of carbonyl (C=O) groups excluding carboxylic acids is 1. The van der Waals surface area contributed by atoms with Gasteiger partial charge in [0.25, 0.3) is 5.91 Å². The Morgan fingerprint density at radius 1 is 1.35 bits per heavy atom. The topological polar surface area (TPSA) is 79.2 Å². The van der Waals surface area contributed by atoms with E-state index < -0.39 is 0 Å². The van der Waals surface area contributed by atoms with Crippen LogP contribution in [-0.4, -0.2) is 48.2 Å². The van der Waals surface area contributed by atoms with E-state index in [0.29, 0.717) is 23.7 Å². The van der Waals surface area contributed by atoms with Crippen LogP contribution in [0.5, 0.6) is 0 Å². The molecule has 1 fully saturated rings. The van der Waals surface area contributed by atoms with Gasteiger partial charge in [0.2, 0.25) is 5.78 Å². The molecule has 0 saturated carbocycles. The zero-order chi connectivity index (χ0) is 15.8. The molecule has 0 aromatic carbocycles. The highest BCUT2D eigenvalue weighted by molar-refractivity contribution is 5.94. The van der Waals surface area contributed by atoms with Gasteiger partial charge < -0.3 is 9.88 Å². The molecule has 1 saturated heterocycles. The van der Waals surface area contributed by atoms with Crippen LogP contribution in [-0.2, 0) is 0 Å². The van der Waals surface area contributed by atoms with Crippen LogP contribution in [0.25, 0.3) is 5.78 Å². The SMILES string of the molecule is Cc1nc2ncccn2c1C(=O)N1CCC[C@H](c2ncc[nH]2)C1. The molecule has 0 unspecified atom stereocenters. The molecule has 1 amide bonds. The normalized spacial score (nSPS) is 18.5. The molecular formula is C16H18N6O. The van der Waals surface area contributed by atoms with Crippen molar-refractivity contribution in [3.63, 3.8) is 0 Å². The Kier molecular flexibility index (Phi) is 3.33. The maximum atomic E-state index is 13.0. The Bertz CT molecular complexity index is 838. The predicted molar refractivity (Wildman–Crippen MR) is 84.2 cm³/mol. The number of hydrogen-bond acceptors (Lipinski definition) is 4. The van der Waals surface area contributed by atoms with E-state index >= 15 is 0 Å². The number of likely N-dealkylation sites (tertiary alicyclic amines) is 1. The summed E-state index contributed by atoms with van der Waals surface area (Å²) in [4.78, 5) is 31.0. The summed E-state index contributed by atoms with van der Waals surface area (Å²) in [7, 11) is 0. The number of imidazole rings is 2. The van der Waals surface area contributed by atoms with Gasteiger partial charge in [-0.2, -0.15) is 0 Å². The van der Waals surface area contributed by atoms with Crippen molar-refractivity contribution in [3.05, 3.63) is 48.1 Å². The van der Waals surface area contributed by atoms with Crippen molar-refractivity contribution in [2.75, 3.05) is 13.1 Å². The van der Waals surface area contributed by atoms with Crippen LogP contribution in [0.15, 0.2) is 30.9 Å². The fourth-order valence-corrected chi connectivity index (χ4v) is 3.29. The second-order valence-corrected chi connectivity index (χ2v) is 5.90. The van der Waals surface area contributed by atoms with Crippen LogP contribution < -0.4 is 0 Å². The smallest absolute Gasteiger partial charge is 0.272 e. The van der Waals surface area contributed by atoms with Gasteiger partial charge in [-0.1, -0.05) is 0 Å². The van der Waals surface area contributed by atoms with Crippen molar-refractivity contribution in [2.24, 2.45) is 0 Å². The molecule has 3 aromatic heterocycles. The molecule has 1 aliphatic rings. The van der Waals surface area contributed by atoms with E-state index in [9.17, 15) is 4.79 Å². The van der Waals surface area contributed by atoms with Crippen molar-refractivity contribution >= 4 is 11.7 Å². The number of piperidine rings is 1. The monoisotopic (exact) mass is 310 g/mol. The quantitative estimate of drug-likeness (QED) is 0.782. The number of aromatic nitrogens is 5. The lowest BCUT2D eigenvalue weighted by Crippen LogP contribution is -2.40. The summed E-state index contributed by atoms with van der Waals surface area (Å²) in [5.41, 5.74) is 1.32. The van der Waals surface area contributed by atoms with Gasteiger partial charge in [0.1, 0.15) is 11.5 Å². The highest BCUT2D eigenvalue weighted by atomic mass is 16.2. The molecule has 1 aliphatic heterocycles. The largest absolute Gasteiger partial charge is 0.348 e. The third kappa shape index (κ3) is 2.38. The lowest BCUT2D eigenvalue weighted by molar-refractivity contribution is 0.0697. The van der Waals surface area contributed by atoms with Crippen LogP contribution in [0.4, 0.5) is 0 Å². The van der Waals surface area contributed by atoms with Gasteiger partial charge in [0, 0.05) is 43.8 Å². The fourth-order valence-electron chi connectivity index (χ4n) is 3.29. The first-order chi connectivity index (χ1) is 11.2. The first-order valence-corrected chi connectivity index (χ1v) is 7.82. The van der Waals surface area contributed by atoms with Crippen LogP contribution in [0.1, 0.15) is 40.8 Å². The molecule has 0 spiro atoms. The van der Waals surface area contributed by atoms with Crippen molar-refractivity contribution in [1.82, 2.24) is 29.2 Å². The molecule has 0 aliphatic carbocycles. The summed E-state index contributed by atoms with van der Waals surface area (Å²) >= 11 is 0. The molecule has 3 aromatic rings. The van der Waals surface area contributed by atoms with Gasteiger partial charge in [0.15, 0.2) is 0 Å². The number of nitrogens with one attached hydrogen (secondary N) is 1. The Balaban J connectivity index is 1.64. The number of aryl methyl sites for hydroxylation is 1. The van der Waals surface area contributed by atoms with Gasteiger partial charge >= 0.3 is 0 Å². The number of amides is 1. The summed E-state index contributed by atoms with van der Waals surface area (Å²) in [6.07, 6.45) is 9.14. The van der Waals surface area contributed by atoms with Gasteiger partial charge in [-0.3, -0.25) is 9.20 Å². The molecule has 7 heteroatoms. The Morgan fingerprint density at radius 3 is 3.09 bits per heavy atom. The zero-order valence-corrected chi connectivity index (χ0v) is 12.9. The van der Waals surface area contributed by atoms with E-state index in [4.69, 9.17) is 0 Å². The van der Waals surface area contributed by atoms with Gasteiger partial charge in [-0.05, 0) is 25.8 Å². The van der Waals surface area contributed by atoms with E-state index in [-0.39, 0.29) is 11.8 Å². The molecule has 1 atom stereocenters. The number of carbonyl (C=O) groups is 1. The summed E-state index contributed by atoms with van der Waals surface area (Å²) in [5, 5.41) is 0. The first-order valence-electron chi connectivity index (χ1n) is 7.82. The lowest BCUT2D eigenvalue weighted by Gasteiger charge is -2.31. The zero-order valence-electron chi connectivity index (χ0n) is 12.9. The minimum Gasteiger partial charge on any atom is -0.348 e. The van der Waals surface area contributed by atoms with Crippen molar-refractivity contribution in [3.8, 4) is 0 Å². The maximum absolute atomic E-state index is 13.0. The maximum Gasteiger partial charge on any atom is 0.272 e.